The number of carbonyl (C=O) groups is 1. The number of Topliss-reactive ketones (excluding diaryl/α,β-unsaturated/α-hetero) is 1. The predicted octanol–water partition coefficient (Wildman–Crippen LogP) is 6.46. The van der Waals surface area contributed by atoms with Crippen LogP contribution in [0, 0.1) is 24.6 Å². The second-order valence-electron chi connectivity index (χ2n) is 10.4. The second-order valence-corrected chi connectivity index (χ2v) is 10.4. The van der Waals surface area contributed by atoms with Crippen molar-refractivity contribution in [1.29, 1.82) is 0 Å². The number of fused-ring (bicyclic) bond motifs is 1. The number of hydrogen-bond donors (Lipinski definition) is 1. The summed E-state index contributed by atoms with van der Waals surface area (Å²) in [6.07, 6.45) is 6.73. The van der Waals surface area contributed by atoms with Crippen molar-refractivity contribution in [3.05, 3.63) is 71.7 Å². The molecular formula is C30H31FN4O3. The van der Waals surface area contributed by atoms with Gasteiger partial charge >= 0.3 is 0 Å². The Morgan fingerprint density at radius 1 is 1.11 bits per heavy atom. The maximum atomic E-state index is 13.8. The van der Waals surface area contributed by atoms with Crippen LogP contribution < -0.4 is 10.1 Å². The Bertz CT molecular complexity index is 1470. The topological polar surface area (TPSA) is 77.8 Å². The zero-order valence-electron chi connectivity index (χ0n) is 21.5. The summed E-state index contributed by atoms with van der Waals surface area (Å²) in [5.41, 5.74) is 4.86. The number of aromatic nitrogens is 3. The first-order valence-corrected chi connectivity index (χ1v) is 13.3. The van der Waals surface area contributed by atoms with Gasteiger partial charge in [0.05, 0.1) is 17.6 Å². The quantitative estimate of drug-likeness (QED) is 0.258. The number of hydrogen-bond acceptors (Lipinski definition) is 6. The van der Waals surface area contributed by atoms with Crippen LogP contribution in [0.2, 0.25) is 0 Å². The SMILES string of the molecule is Cc1cc(-c2cnc3c(NCC4CCOCC4)cc(Oc4cccc(F)c4)nn23)ccc1C(=O)CC1CC1. The number of nitrogens with one attached hydrogen (secondary N) is 1. The van der Waals surface area contributed by atoms with Crippen molar-refractivity contribution < 1.29 is 18.7 Å². The number of ketones is 1. The molecule has 1 saturated carbocycles. The smallest absolute Gasteiger partial charge is 0.239 e. The monoisotopic (exact) mass is 514 g/mol. The lowest BCUT2D eigenvalue weighted by atomic mass is 9.98. The number of ether oxygens (including phenoxy) is 2. The molecule has 2 aromatic carbocycles. The zero-order chi connectivity index (χ0) is 26.1. The number of rotatable bonds is 9. The molecule has 0 bridgehead atoms. The molecule has 0 atom stereocenters. The molecule has 0 unspecified atom stereocenters. The summed E-state index contributed by atoms with van der Waals surface area (Å²) in [6, 6.07) is 13.7. The highest BCUT2D eigenvalue weighted by molar-refractivity contribution is 5.98. The van der Waals surface area contributed by atoms with E-state index in [4.69, 9.17) is 14.6 Å². The van der Waals surface area contributed by atoms with Crippen LogP contribution in [0.15, 0.2) is 54.7 Å². The van der Waals surface area contributed by atoms with Crippen molar-refractivity contribution in [2.45, 2.75) is 39.0 Å². The lowest BCUT2D eigenvalue weighted by Crippen LogP contribution is -2.23. The van der Waals surface area contributed by atoms with Crippen LogP contribution in [0.4, 0.5) is 10.1 Å². The van der Waals surface area contributed by atoms with Crippen molar-refractivity contribution >= 4 is 17.1 Å². The van der Waals surface area contributed by atoms with E-state index >= 15 is 0 Å². The predicted molar refractivity (Wildman–Crippen MR) is 143 cm³/mol. The van der Waals surface area contributed by atoms with Crippen molar-refractivity contribution in [3.8, 4) is 22.9 Å². The van der Waals surface area contributed by atoms with Crippen molar-refractivity contribution in [1.82, 2.24) is 14.6 Å². The van der Waals surface area contributed by atoms with E-state index in [1.807, 2.05) is 25.1 Å². The average Bonchev–Trinajstić information content (AvgIpc) is 3.63. The maximum absolute atomic E-state index is 13.8. The maximum Gasteiger partial charge on any atom is 0.239 e. The van der Waals surface area contributed by atoms with Crippen LogP contribution in [0.25, 0.3) is 16.9 Å². The number of carbonyl (C=O) groups excluding carboxylic acids is 1. The summed E-state index contributed by atoms with van der Waals surface area (Å²) in [6.45, 7) is 4.30. The van der Waals surface area contributed by atoms with Crippen LogP contribution in [0.5, 0.6) is 11.6 Å². The first-order chi connectivity index (χ1) is 18.5. The molecule has 7 nitrogen and oxygen atoms in total. The summed E-state index contributed by atoms with van der Waals surface area (Å²) in [5, 5.41) is 8.25. The highest BCUT2D eigenvalue weighted by Crippen LogP contribution is 2.35. The first-order valence-electron chi connectivity index (χ1n) is 13.3. The number of imidazole rings is 1. The molecule has 1 N–H and O–H groups in total. The van der Waals surface area contributed by atoms with Gasteiger partial charge < -0.3 is 14.8 Å². The largest absolute Gasteiger partial charge is 0.437 e. The fraction of sp³-hybridized carbons (Fsp3) is 0.367. The summed E-state index contributed by atoms with van der Waals surface area (Å²) >= 11 is 0. The van der Waals surface area contributed by atoms with Crippen molar-refractivity contribution in [2.24, 2.45) is 11.8 Å². The summed E-state index contributed by atoms with van der Waals surface area (Å²) in [5.74, 6) is 1.57. The fourth-order valence-electron chi connectivity index (χ4n) is 5.01. The minimum Gasteiger partial charge on any atom is -0.437 e. The number of halogens is 1. The van der Waals surface area contributed by atoms with E-state index in [0.717, 1.165) is 73.5 Å². The molecule has 1 aliphatic carbocycles. The van der Waals surface area contributed by atoms with Gasteiger partial charge in [0, 0.05) is 49.4 Å². The van der Waals surface area contributed by atoms with Crippen LogP contribution in [0.1, 0.15) is 48.0 Å². The summed E-state index contributed by atoms with van der Waals surface area (Å²) in [7, 11) is 0. The molecule has 196 valence electrons. The molecule has 1 saturated heterocycles. The van der Waals surface area contributed by atoms with Gasteiger partial charge in [-0.3, -0.25) is 4.79 Å². The van der Waals surface area contributed by atoms with E-state index in [1.165, 1.54) is 12.1 Å². The van der Waals surface area contributed by atoms with Crippen LogP contribution >= 0.6 is 0 Å². The van der Waals surface area contributed by atoms with Gasteiger partial charge in [-0.15, -0.1) is 5.10 Å². The van der Waals surface area contributed by atoms with E-state index in [9.17, 15) is 9.18 Å². The van der Waals surface area contributed by atoms with Gasteiger partial charge in [-0.2, -0.15) is 0 Å². The molecule has 0 spiro atoms. The van der Waals surface area contributed by atoms with Gasteiger partial charge in [0.2, 0.25) is 5.88 Å². The lowest BCUT2D eigenvalue weighted by Gasteiger charge is -2.22. The molecule has 38 heavy (non-hydrogen) atoms. The van der Waals surface area contributed by atoms with Gasteiger partial charge in [-0.25, -0.2) is 13.9 Å². The standard InChI is InChI=1S/C30H31FN4O3/c1-19-13-22(7-8-25(19)28(36)14-20-5-6-20)27-18-33-30-26(32-17-21-9-11-37-12-10-21)16-29(34-35(27)30)38-24-4-2-3-23(31)15-24/h2-4,7-8,13,15-16,18,20-21,32H,5-6,9-12,14,17H2,1H3. The number of aryl methyl sites for hydroxylation is 1. The van der Waals surface area contributed by atoms with Gasteiger partial charge in [0.25, 0.3) is 0 Å². The van der Waals surface area contributed by atoms with E-state index in [2.05, 4.69) is 10.3 Å². The third-order valence-electron chi connectivity index (χ3n) is 7.38. The molecule has 2 aromatic heterocycles. The number of nitrogens with zero attached hydrogens (tertiary/aromatic N) is 3. The summed E-state index contributed by atoms with van der Waals surface area (Å²) < 4.78 is 27.0. The van der Waals surface area contributed by atoms with E-state index < -0.39 is 0 Å². The van der Waals surface area contributed by atoms with Gasteiger partial charge in [0.1, 0.15) is 11.6 Å². The minimum atomic E-state index is -0.378. The Labute approximate surface area is 221 Å². The Morgan fingerprint density at radius 2 is 1.95 bits per heavy atom. The van der Waals surface area contributed by atoms with E-state index in [0.29, 0.717) is 35.5 Å². The second kappa shape index (κ2) is 10.5. The minimum absolute atomic E-state index is 0.207. The Kier molecular flexibility index (Phi) is 6.81. The third kappa shape index (κ3) is 5.41. The summed E-state index contributed by atoms with van der Waals surface area (Å²) in [4.78, 5) is 17.4. The molecule has 2 fully saturated rings. The molecule has 0 amide bonds. The first kappa shape index (κ1) is 24.6. The zero-order valence-corrected chi connectivity index (χ0v) is 21.5. The fourth-order valence-corrected chi connectivity index (χ4v) is 5.01. The van der Waals surface area contributed by atoms with Crippen molar-refractivity contribution in [2.75, 3.05) is 25.1 Å². The molecule has 4 aromatic rings. The molecular weight excluding hydrogens is 483 g/mol. The number of anilines is 1. The average molecular weight is 515 g/mol. The van der Waals surface area contributed by atoms with Crippen LogP contribution in [0.3, 0.4) is 0 Å². The molecule has 8 heteroatoms. The molecule has 0 radical (unpaired) electrons. The van der Waals surface area contributed by atoms with Gasteiger partial charge in [0.15, 0.2) is 11.4 Å². The van der Waals surface area contributed by atoms with Gasteiger partial charge in [-0.1, -0.05) is 18.2 Å². The Balaban J connectivity index is 1.35. The lowest BCUT2D eigenvalue weighted by molar-refractivity contribution is 0.0699. The normalized spacial score (nSPS) is 16.1. The van der Waals surface area contributed by atoms with E-state index in [-0.39, 0.29) is 11.6 Å². The molecule has 2 aliphatic rings. The van der Waals surface area contributed by atoms with Gasteiger partial charge in [-0.05, 0) is 68.2 Å². The molecule has 3 heterocycles. The molecule has 6 rings (SSSR count). The third-order valence-corrected chi connectivity index (χ3v) is 7.38. The Hall–Kier alpha value is -3.78. The molecule has 1 aliphatic heterocycles. The number of benzene rings is 2. The van der Waals surface area contributed by atoms with Crippen LogP contribution in [-0.2, 0) is 4.74 Å². The Morgan fingerprint density at radius 3 is 2.71 bits per heavy atom. The van der Waals surface area contributed by atoms with E-state index in [1.54, 1.807) is 28.9 Å². The highest BCUT2D eigenvalue weighted by atomic mass is 19.1. The van der Waals surface area contributed by atoms with Crippen molar-refractivity contribution in [3.63, 3.8) is 0 Å². The van der Waals surface area contributed by atoms with Crippen LogP contribution in [-0.4, -0.2) is 40.1 Å². The highest BCUT2D eigenvalue weighted by Gasteiger charge is 2.26.